The minimum atomic E-state index is -1.23. The second-order valence-corrected chi connectivity index (χ2v) is 9.62. The van der Waals surface area contributed by atoms with Crippen LogP contribution in [-0.4, -0.2) is 25.0 Å². The van der Waals surface area contributed by atoms with Gasteiger partial charge in [-0.3, -0.25) is 4.79 Å². The third kappa shape index (κ3) is 5.16. The molecule has 0 spiro atoms. The largest absolute Gasteiger partial charge is 0.467 e. The number of carbonyl (C=O) groups excluding carboxylic acids is 2. The molecule has 0 unspecified atom stereocenters. The maximum Gasteiger partial charge on any atom is 0.329 e. The molecule has 4 nitrogen and oxygen atoms in total. The van der Waals surface area contributed by atoms with E-state index in [0.717, 1.165) is 27.8 Å². The molecule has 0 aliphatic carbocycles. The number of ether oxygens (including phenoxy) is 1. The van der Waals surface area contributed by atoms with E-state index in [0.29, 0.717) is 0 Å². The van der Waals surface area contributed by atoms with Gasteiger partial charge in [-0.1, -0.05) is 152 Å². The molecular weight excluding hydrogens is 494 g/mol. The molecule has 0 saturated carbocycles. The maximum absolute atomic E-state index is 14.9. The van der Waals surface area contributed by atoms with Crippen LogP contribution >= 0.6 is 0 Å². The summed E-state index contributed by atoms with van der Waals surface area (Å²) in [6, 6.07) is 47.6. The van der Waals surface area contributed by atoms with Crippen LogP contribution in [0.4, 0.5) is 0 Å². The lowest BCUT2D eigenvalue weighted by Crippen LogP contribution is -2.54. The Balaban J connectivity index is 1.71. The molecule has 1 atom stereocenters. The molecule has 0 radical (unpaired) electrons. The zero-order valence-electron chi connectivity index (χ0n) is 22.3. The van der Waals surface area contributed by atoms with Crippen molar-refractivity contribution < 1.29 is 14.3 Å². The van der Waals surface area contributed by atoms with Crippen molar-refractivity contribution in [1.82, 2.24) is 5.32 Å². The Morgan fingerprint density at radius 1 is 0.550 bits per heavy atom. The average Bonchev–Trinajstić information content (AvgIpc) is 3.03. The van der Waals surface area contributed by atoms with Gasteiger partial charge in [0.25, 0.3) is 0 Å². The molecule has 5 rings (SSSR count). The fourth-order valence-corrected chi connectivity index (χ4v) is 5.51. The molecule has 0 bridgehead atoms. The standard InChI is InChI=1S/C36H31NO3/c1-40-34(38)33(32(27-17-7-2-8-18-27)28-19-9-3-10-20-28)37-35(39)36(29-21-11-4-12-22-29,30-23-13-5-14-24-30)31-25-15-6-16-26-31/h2-26,32-33H,1H3,(H,37,39)/t33-/m1/s1. The van der Waals surface area contributed by atoms with Crippen LogP contribution in [0, 0.1) is 0 Å². The maximum atomic E-state index is 14.9. The molecular formula is C36H31NO3. The normalized spacial score (nSPS) is 11.9. The van der Waals surface area contributed by atoms with E-state index in [1.807, 2.05) is 152 Å². The van der Waals surface area contributed by atoms with Gasteiger partial charge in [0.2, 0.25) is 5.91 Å². The number of esters is 1. The van der Waals surface area contributed by atoms with E-state index < -0.39 is 23.3 Å². The smallest absolute Gasteiger partial charge is 0.329 e. The first-order chi connectivity index (χ1) is 19.7. The van der Waals surface area contributed by atoms with Gasteiger partial charge in [-0.15, -0.1) is 0 Å². The lowest BCUT2D eigenvalue weighted by molar-refractivity contribution is -0.145. The summed E-state index contributed by atoms with van der Waals surface area (Å²) in [5.74, 6) is -1.31. The van der Waals surface area contributed by atoms with E-state index >= 15 is 0 Å². The number of methoxy groups -OCH3 is 1. The van der Waals surface area contributed by atoms with Crippen molar-refractivity contribution in [3.8, 4) is 0 Å². The number of carbonyl (C=O) groups is 2. The summed E-state index contributed by atoms with van der Waals surface area (Å²) in [6.07, 6.45) is 0. The SMILES string of the molecule is COC(=O)[C@H](NC(=O)C(c1ccccc1)(c1ccccc1)c1ccccc1)C(c1ccccc1)c1ccccc1. The summed E-state index contributed by atoms with van der Waals surface area (Å²) in [5, 5.41) is 3.19. The molecule has 0 heterocycles. The topological polar surface area (TPSA) is 55.4 Å². The molecule has 40 heavy (non-hydrogen) atoms. The van der Waals surface area contributed by atoms with Gasteiger partial charge in [0.15, 0.2) is 0 Å². The van der Waals surface area contributed by atoms with Crippen LogP contribution in [0.25, 0.3) is 0 Å². The molecule has 4 heteroatoms. The summed E-state index contributed by atoms with van der Waals surface area (Å²) in [6.45, 7) is 0. The van der Waals surface area contributed by atoms with Crippen LogP contribution in [0.15, 0.2) is 152 Å². The Morgan fingerprint density at radius 2 is 0.875 bits per heavy atom. The van der Waals surface area contributed by atoms with Crippen molar-refractivity contribution in [3.63, 3.8) is 0 Å². The average molecular weight is 526 g/mol. The number of hydrogen-bond acceptors (Lipinski definition) is 3. The molecule has 1 N–H and O–H groups in total. The van der Waals surface area contributed by atoms with Crippen molar-refractivity contribution in [1.29, 1.82) is 0 Å². The molecule has 1 amide bonds. The van der Waals surface area contributed by atoms with Gasteiger partial charge in [0.1, 0.15) is 11.5 Å². The van der Waals surface area contributed by atoms with Gasteiger partial charge in [0, 0.05) is 5.92 Å². The zero-order valence-corrected chi connectivity index (χ0v) is 22.3. The molecule has 5 aromatic rings. The van der Waals surface area contributed by atoms with Gasteiger partial charge in [-0.2, -0.15) is 0 Å². The Kier molecular flexibility index (Phi) is 8.17. The lowest BCUT2D eigenvalue weighted by atomic mass is 9.68. The summed E-state index contributed by atoms with van der Waals surface area (Å²) < 4.78 is 5.31. The quantitative estimate of drug-likeness (QED) is 0.176. The predicted molar refractivity (Wildman–Crippen MR) is 158 cm³/mol. The Labute approximate surface area is 235 Å². The molecule has 0 fully saturated rings. The highest BCUT2D eigenvalue weighted by Crippen LogP contribution is 2.40. The van der Waals surface area contributed by atoms with Gasteiger partial charge in [-0.05, 0) is 27.8 Å². The first-order valence-electron chi connectivity index (χ1n) is 13.3. The van der Waals surface area contributed by atoms with Crippen LogP contribution < -0.4 is 5.32 Å². The Hall–Kier alpha value is -4.96. The van der Waals surface area contributed by atoms with E-state index in [-0.39, 0.29) is 5.91 Å². The highest BCUT2D eigenvalue weighted by molar-refractivity contribution is 5.98. The van der Waals surface area contributed by atoms with E-state index in [1.54, 1.807) is 0 Å². The van der Waals surface area contributed by atoms with Crippen molar-refractivity contribution in [2.75, 3.05) is 7.11 Å². The molecule has 0 aliphatic heterocycles. The van der Waals surface area contributed by atoms with Crippen LogP contribution in [0.2, 0.25) is 0 Å². The van der Waals surface area contributed by atoms with Gasteiger partial charge in [0.05, 0.1) is 7.11 Å². The molecule has 0 aromatic heterocycles. The lowest BCUT2D eigenvalue weighted by Gasteiger charge is -2.37. The van der Waals surface area contributed by atoms with Crippen molar-refractivity contribution in [2.45, 2.75) is 17.4 Å². The Morgan fingerprint density at radius 3 is 1.20 bits per heavy atom. The minimum Gasteiger partial charge on any atom is -0.467 e. The van der Waals surface area contributed by atoms with E-state index in [2.05, 4.69) is 5.32 Å². The summed E-state index contributed by atoms with van der Waals surface area (Å²) in [7, 11) is 1.35. The zero-order chi connectivity index (χ0) is 27.8. The fraction of sp³-hybridized carbons (Fsp3) is 0.111. The molecule has 0 saturated heterocycles. The van der Waals surface area contributed by atoms with Crippen molar-refractivity contribution in [3.05, 3.63) is 179 Å². The Bertz CT molecular complexity index is 1390. The second kappa shape index (κ2) is 12.3. The predicted octanol–water partition coefficient (Wildman–Crippen LogP) is 6.51. The number of hydrogen-bond donors (Lipinski definition) is 1. The minimum absolute atomic E-state index is 0.316. The van der Waals surface area contributed by atoms with Gasteiger partial charge < -0.3 is 10.1 Å². The number of rotatable bonds is 9. The summed E-state index contributed by atoms with van der Waals surface area (Å²) >= 11 is 0. The van der Waals surface area contributed by atoms with Crippen LogP contribution in [0.3, 0.4) is 0 Å². The number of benzene rings is 5. The van der Waals surface area contributed by atoms with Gasteiger partial charge >= 0.3 is 5.97 Å². The first-order valence-corrected chi connectivity index (χ1v) is 13.3. The van der Waals surface area contributed by atoms with E-state index in [9.17, 15) is 9.59 Å². The van der Waals surface area contributed by atoms with Crippen molar-refractivity contribution >= 4 is 11.9 Å². The highest BCUT2D eigenvalue weighted by Gasteiger charge is 2.46. The third-order valence-corrected chi connectivity index (χ3v) is 7.35. The molecule has 0 aliphatic rings. The van der Waals surface area contributed by atoms with Crippen LogP contribution in [0.1, 0.15) is 33.7 Å². The van der Waals surface area contributed by atoms with Crippen LogP contribution in [-0.2, 0) is 19.7 Å². The summed E-state index contributed by atoms with van der Waals surface area (Å²) in [5.41, 5.74) is 2.95. The third-order valence-electron chi connectivity index (χ3n) is 7.35. The second-order valence-electron chi connectivity index (χ2n) is 9.62. The number of nitrogens with one attached hydrogen (secondary N) is 1. The van der Waals surface area contributed by atoms with Gasteiger partial charge in [-0.25, -0.2) is 4.79 Å². The first kappa shape index (κ1) is 26.6. The van der Waals surface area contributed by atoms with Crippen molar-refractivity contribution in [2.24, 2.45) is 0 Å². The van der Waals surface area contributed by atoms with E-state index in [1.165, 1.54) is 7.11 Å². The molecule has 5 aromatic carbocycles. The monoisotopic (exact) mass is 525 g/mol. The molecule has 198 valence electrons. The highest BCUT2D eigenvalue weighted by atomic mass is 16.5. The van der Waals surface area contributed by atoms with Crippen LogP contribution in [0.5, 0.6) is 0 Å². The number of amides is 1. The summed E-state index contributed by atoms with van der Waals surface area (Å²) in [4.78, 5) is 28.5. The fourth-order valence-electron chi connectivity index (χ4n) is 5.51. The van der Waals surface area contributed by atoms with E-state index in [4.69, 9.17) is 4.74 Å².